The molecule has 0 bridgehead atoms. The second-order valence-electron chi connectivity index (χ2n) is 7.80. The zero-order valence-corrected chi connectivity index (χ0v) is 18.9. The highest BCUT2D eigenvalue weighted by molar-refractivity contribution is 6.39. The quantitative estimate of drug-likeness (QED) is 0.456. The summed E-state index contributed by atoms with van der Waals surface area (Å²) in [5.41, 5.74) is 14.9. The average Bonchev–Trinajstić information content (AvgIpc) is 2.93. The molecule has 2 heterocycles. The summed E-state index contributed by atoms with van der Waals surface area (Å²) in [4.78, 5) is 4.90. The number of hydrazine groups is 1. The van der Waals surface area contributed by atoms with E-state index in [-0.39, 0.29) is 12.3 Å². The molecule has 0 radical (unpaired) electrons. The van der Waals surface area contributed by atoms with Gasteiger partial charge in [-0.2, -0.15) is 5.10 Å². The van der Waals surface area contributed by atoms with Gasteiger partial charge in [0, 0.05) is 23.4 Å². The number of aliphatic imine (C=N–C) groups is 1. The van der Waals surface area contributed by atoms with Crippen molar-refractivity contribution in [2.24, 2.45) is 10.1 Å². The fourth-order valence-corrected chi connectivity index (χ4v) is 4.00. The largest absolute Gasteiger partial charge is 0.496 e. The lowest BCUT2D eigenvalue weighted by atomic mass is 10.0. The summed E-state index contributed by atoms with van der Waals surface area (Å²) in [6.07, 6.45) is 3.19. The van der Waals surface area contributed by atoms with Crippen LogP contribution in [0.3, 0.4) is 0 Å². The van der Waals surface area contributed by atoms with Crippen LogP contribution in [0, 0.1) is 0 Å². The van der Waals surface area contributed by atoms with Gasteiger partial charge in [-0.15, -0.1) is 0 Å². The van der Waals surface area contributed by atoms with Crippen LogP contribution >= 0.6 is 0 Å². The Morgan fingerprint density at radius 2 is 1.47 bits per heavy atom. The van der Waals surface area contributed by atoms with Crippen molar-refractivity contribution in [2.45, 2.75) is 12.3 Å². The van der Waals surface area contributed by atoms with Gasteiger partial charge >= 0.3 is 0 Å². The van der Waals surface area contributed by atoms with Crippen molar-refractivity contribution < 1.29 is 9.47 Å². The normalized spacial score (nSPS) is 19.1. The van der Waals surface area contributed by atoms with E-state index < -0.39 is 0 Å². The fourth-order valence-electron chi connectivity index (χ4n) is 4.00. The van der Waals surface area contributed by atoms with Crippen molar-refractivity contribution in [1.82, 2.24) is 21.6 Å². The third kappa shape index (κ3) is 4.31. The Hall–Kier alpha value is -4.30. The Labute approximate surface area is 198 Å². The first-order chi connectivity index (χ1) is 16.8. The van der Waals surface area contributed by atoms with Crippen molar-refractivity contribution in [3.05, 3.63) is 101 Å². The lowest BCUT2D eigenvalue weighted by molar-refractivity contribution is 0.391. The molecule has 0 aromatic heterocycles. The van der Waals surface area contributed by atoms with E-state index in [4.69, 9.17) is 14.5 Å². The van der Waals surface area contributed by atoms with E-state index in [1.807, 2.05) is 66.9 Å². The predicted molar refractivity (Wildman–Crippen MR) is 133 cm³/mol. The molecule has 5 rings (SSSR count). The molecule has 2 unspecified atom stereocenters. The molecule has 0 saturated carbocycles. The standard InChI is InChI=1S/C26H26N6O2/c1-33-23-14-24(34-2)20(22-16-28-32-26(30-22)18-11-7-4-8-12-18)13-19(23)21-15-27-31-25(29-21)17-9-5-3-6-10-17/h3-16,25-27,29,31-32H,1-2H3. The number of hydrogen-bond acceptors (Lipinski definition) is 8. The third-order valence-electron chi connectivity index (χ3n) is 5.73. The number of nitrogens with zero attached hydrogens (tertiary/aromatic N) is 2. The van der Waals surface area contributed by atoms with Crippen LogP contribution in [0.2, 0.25) is 0 Å². The Morgan fingerprint density at radius 3 is 2.18 bits per heavy atom. The van der Waals surface area contributed by atoms with E-state index in [1.165, 1.54) is 0 Å². The van der Waals surface area contributed by atoms with E-state index in [9.17, 15) is 0 Å². The van der Waals surface area contributed by atoms with Gasteiger partial charge in [0.25, 0.3) is 0 Å². The molecule has 2 atom stereocenters. The van der Waals surface area contributed by atoms with Gasteiger partial charge in [-0.05, 0) is 17.2 Å². The molecule has 3 aromatic rings. The summed E-state index contributed by atoms with van der Waals surface area (Å²) in [5.74, 6) is 1.34. The summed E-state index contributed by atoms with van der Waals surface area (Å²) in [5, 5.41) is 7.90. The van der Waals surface area contributed by atoms with Crippen LogP contribution in [-0.4, -0.2) is 26.1 Å². The fraction of sp³-hybridized carbons (Fsp3) is 0.154. The highest BCUT2D eigenvalue weighted by atomic mass is 16.5. The van der Waals surface area contributed by atoms with Crippen molar-refractivity contribution in [2.75, 3.05) is 14.2 Å². The van der Waals surface area contributed by atoms with Gasteiger partial charge in [0.1, 0.15) is 17.7 Å². The molecule has 8 nitrogen and oxygen atoms in total. The molecular formula is C26H26N6O2. The van der Waals surface area contributed by atoms with Crippen LogP contribution in [0.15, 0.2) is 89.1 Å². The smallest absolute Gasteiger partial charge is 0.160 e. The van der Waals surface area contributed by atoms with Gasteiger partial charge in [-0.3, -0.25) is 10.4 Å². The average molecular weight is 455 g/mol. The van der Waals surface area contributed by atoms with Crippen molar-refractivity contribution >= 4 is 17.6 Å². The molecule has 2 aliphatic heterocycles. The monoisotopic (exact) mass is 454 g/mol. The number of hydrogen-bond donors (Lipinski definition) is 4. The van der Waals surface area contributed by atoms with Gasteiger partial charge in [-0.1, -0.05) is 60.7 Å². The Balaban J connectivity index is 1.53. The van der Waals surface area contributed by atoms with Crippen LogP contribution in [0.4, 0.5) is 0 Å². The first-order valence-corrected chi connectivity index (χ1v) is 11.0. The van der Waals surface area contributed by atoms with Crippen LogP contribution < -0.4 is 31.1 Å². The molecule has 0 saturated heterocycles. The molecular weight excluding hydrogens is 428 g/mol. The number of benzene rings is 3. The molecule has 4 N–H and O–H groups in total. The number of rotatable bonds is 6. The minimum Gasteiger partial charge on any atom is -0.496 e. The van der Waals surface area contributed by atoms with E-state index in [0.29, 0.717) is 11.5 Å². The predicted octanol–water partition coefficient (Wildman–Crippen LogP) is 3.48. The molecule has 0 amide bonds. The number of ether oxygens (including phenoxy) is 2. The van der Waals surface area contributed by atoms with E-state index >= 15 is 0 Å². The van der Waals surface area contributed by atoms with Crippen LogP contribution in [0.5, 0.6) is 11.5 Å². The second kappa shape index (κ2) is 9.68. The van der Waals surface area contributed by atoms with E-state index in [2.05, 4.69) is 38.8 Å². The second-order valence-corrected chi connectivity index (χ2v) is 7.80. The number of nitrogens with one attached hydrogen (secondary N) is 4. The molecule has 3 aromatic carbocycles. The first kappa shape index (κ1) is 21.5. The minimum atomic E-state index is -0.281. The molecule has 34 heavy (non-hydrogen) atoms. The molecule has 0 spiro atoms. The van der Waals surface area contributed by atoms with E-state index in [1.54, 1.807) is 20.4 Å². The third-order valence-corrected chi connectivity index (χ3v) is 5.73. The van der Waals surface area contributed by atoms with E-state index in [0.717, 1.165) is 33.7 Å². The Bertz CT molecular complexity index is 1240. The topological polar surface area (TPSA) is 91.3 Å². The molecule has 8 heteroatoms. The Morgan fingerprint density at radius 1 is 0.794 bits per heavy atom. The van der Waals surface area contributed by atoms with Crippen LogP contribution in [0.25, 0.3) is 5.70 Å². The Kier molecular flexibility index (Phi) is 6.13. The summed E-state index contributed by atoms with van der Waals surface area (Å²) in [6.45, 7) is 0. The van der Waals surface area contributed by atoms with Gasteiger partial charge in [0.05, 0.1) is 31.8 Å². The highest BCUT2D eigenvalue weighted by Crippen LogP contribution is 2.35. The van der Waals surface area contributed by atoms with Gasteiger partial charge in [0.15, 0.2) is 6.17 Å². The lowest BCUT2D eigenvalue weighted by Gasteiger charge is -2.29. The summed E-state index contributed by atoms with van der Waals surface area (Å²) >= 11 is 0. The lowest BCUT2D eigenvalue weighted by Crippen LogP contribution is -2.44. The minimum absolute atomic E-state index is 0.114. The van der Waals surface area contributed by atoms with Gasteiger partial charge in [0.2, 0.25) is 0 Å². The van der Waals surface area contributed by atoms with Gasteiger partial charge in [-0.25, -0.2) is 5.43 Å². The number of methoxy groups -OCH3 is 2. The zero-order chi connectivity index (χ0) is 23.3. The van der Waals surface area contributed by atoms with Crippen LogP contribution in [-0.2, 0) is 0 Å². The highest BCUT2D eigenvalue weighted by Gasteiger charge is 2.23. The maximum Gasteiger partial charge on any atom is 0.160 e. The maximum atomic E-state index is 5.72. The molecule has 0 aliphatic carbocycles. The first-order valence-electron chi connectivity index (χ1n) is 11.0. The zero-order valence-electron chi connectivity index (χ0n) is 18.9. The number of hydrazone groups is 1. The maximum absolute atomic E-state index is 5.72. The van der Waals surface area contributed by atoms with Crippen molar-refractivity contribution in [3.8, 4) is 11.5 Å². The van der Waals surface area contributed by atoms with Crippen molar-refractivity contribution in [1.29, 1.82) is 0 Å². The molecule has 172 valence electrons. The SMILES string of the molecule is COc1cc(OC)c(C2=NC(c3ccccc3)NN=C2)cc1C1=CNNC(c2ccccc2)N1. The van der Waals surface area contributed by atoms with Crippen molar-refractivity contribution in [3.63, 3.8) is 0 Å². The summed E-state index contributed by atoms with van der Waals surface area (Å²) < 4.78 is 11.4. The summed E-state index contributed by atoms with van der Waals surface area (Å²) in [7, 11) is 3.29. The molecule has 0 fully saturated rings. The van der Waals surface area contributed by atoms with Gasteiger partial charge < -0.3 is 20.2 Å². The molecule has 2 aliphatic rings. The van der Waals surface area contributed by atoms with Crippen LogP contribution in [0.1, 0.15) is 34.6 Å². The summed E-state index contributed by atoms with van der Waals surface area (Å²) in [6, 6.07) is 24.1.